The summed E-state index contributed by atoms with van der Waals surface area (Å²) in [5.74, 6) is 0.0224. The summed E-state index contributed by atoms with van der Waals surface area (Å²) in [4.78, 5) is 15.8. The number of pyridine rings is 1. The van der Waals surface area contributed by atoms with Crippen molar-refractivity contribution in [3.05, 3.63) is 53.6 Å². The predicted molar refractivity (Wildman–Crippen MR) is 70.0 cm³/mol. The second kappa shape index (κ2) is 5.49. The van der Waals surface area contributed by atoms with Gasteiger partial charge in [0.1, 0.15) is 6.54 Å². The minimum atomic E-state index is 0.0224. The first-order chi connectivity index (χ1) is 8.66. The van der Waals surface area contributed by atoms with E-state index in [-0.39, 0.29) is 5.91 Å². The van der Waals surface area contributed by atoms with Crippen LogP contribution in [0.3, 0.4) is 0 Å². The van der Waals surface area contributed by atoms with E-state index in [1.54, 1.807) is 12.4 Å². The van der Waals surface area contributed by atoms with Crippen LogP contribution >= 0.6 is 0 Å². The molecule has 0 aliphatic carbocycles. The van der Waals surface area contributed by atoms with Crippen molar-refractivity contribution in [2.75, 3.05) is 0 Å². The van der Waals surface area contributed by atoms with Crippen LogP contribution in [-0.2, 0) is 17.9 Å². The third-order valence-electron chi connectivity index (χ3n) is 2.96. The standard InChI is InChI=1S/C14H17N3O/c1-11-3-4-12(2)17(11)10-14(18)16-9-13-5-7-15-8-6-13/h3-8H,9-10H2,1-2H3,(H,16,18). The van der Waals surface area contributed by atoms with Gasteiger partial charge in [-0.1, -0.05) is 0 Å². The summed E-state index contributed by atoms with van der Waals surface area (Å²) in [5, 5.41) is 2.90. The van der Waals surface area contributed by atoms with Gasteiger partial charge in [-0.05, 0) is 43.7 Å². The van der Waals surface area contributed by atoms with Crippen LogP contribution in [0.1, 0.15) is 17.0 Å². The Morgan fingerprint density at radius 3 is 2.39 bits per heavy atom. The molecule has 18 heavy (non-hydrogen) atoms. The lowest BCUT2D eigenvalue weighted by Gasteiger charge is -2.10. The molecule has 2 rings (SSSR count). The first-order valence-electron chi connectivity index (χ1n) is 5.95. The molecule has 2 aromatic rings. The second-order valence-corrected chi connectivity index (χ2v) is 4.33. The molecule has 0 saturated carbocycles. The number of nitrogens with one attached hydrogen (secondary N) is 1. The Morgan fingerprint density at radius 1 is 1.17 bits per heavy atom. The van der Waals surface area contributed by atoms with Crippen molar-refractivity contribution in [3.8, 4) is 0 Å². The molecule has 0 aromatic carbocycles. The molecule has 0 bridgehead atoms. The molecular formula is C14H17N3O. The molecule has 0 saturated heterocycles. The largest absolute Gasteiger partial charge is 0.350 e. The van der Waals surface area contributed by atoms with Gasteiger partial charge in [-0.3, -0.25) is 9.78 Å². The summed E-state index contributed by atoms with van der Waals surface area (Å²) in [6, 6.07) is 7.83. The van der Waals surface area contributed by atoms with Crippen LogP contribution < -0.4 is 5.32 Å². The van der Waals surface area contributed by atoms with Crippen LogP contribution in [0.2, 0.25) is 0 Å². The maximum Gasteiger partial charge on any atom is 0.240 e. The summed E-state index contributed by atoms with van der Waals surface area (Å²) in [6.07, 6.45) is 3.45. The Morgan fingerprint density at radius 2 is 1.78 bits per heavy atom. The zero-order valence-electron chi connectivity index (χ0n) is 10.7. The van der Waals surface area contributed by atoms with Crippen molar-refractivity contribution in [2.45, 2.75) is 26.9 Å². The van der Waals surface area contributed by atoms with E-state index in [0.717, 1.165) is 17.0 Å². The SMILES string of the molecule is Cc1ccc(C)n1CC(=O)NCc1ccncc1. The van der Waals surface area contributed by atoms with Crippen LogP contribution in [0.5, 0.6) is 0 Å². The first kappa shape index (κ1) is 12.4. The predicted octanol–water partition coefficient (Wildman–Crippen LogP) is 1.82. The third kappa shape index (κ3) is 2.97. The maximum atomic E-state index is 11.8. The van der Waals surface area contributed by atoms with Gasteiger partial charge in [-0.25, -0.2) is 0 Å². The monoisotopic (exact) mass is 243 g/mol. The highest BCUT2D eigenvalue weighted by atomic mass is 16.1. The van der Waals surface area contributed by atoms with Gasteiger partial charge in [0.2, 0.25) is 5.91 Å². The molecule has 1 amide bonds. The molecule has 1 N–H and O–H groups in total. The van der Waals surface area contributed by atoms with Gasteiger partial charge in [-0.2, -0.15) is 0 Å². The average Bonchev–Trinajstić information content (AvgIpc) is 2.69. The smallest absolute Gasteiger partial charge is 0.240 e. The van der Waals surface area contributed by atoms with Crippen LogP contribution in [0, 0.1) is 13.8 Å². The number of amides is 1. The van der Waals surface area contributed by atoms with Gasteiger partial charge >= 0.3 is 0 Å². The summed E-state index contributed by atoms with van der Waals surface area (Å²) in [5.41, 5.74) is 3.26. The topological polar surface area (TPSA) is 46.9 Å². The minimum absolute atomic E-state index is 0.0224. The van der Waals surface area contributed by atoms with E-state index in [0.29, 0.717) is 13.1 Å². The quantitative estimate of drug-likeness (QED) is 0.890. The third-order valence-corrected chi connectivity index (χ3v) is 2.96. The van der Waals surface area contributed by atoms with E-state index >= 15 is 0 Å². The molecule has 0 radical (unpaired) electrons. The number of rotatable bonds is 4. The lowest BCUT2D eigenvalue weighted by molar-refractivity contribution is -0.121. The molecule has 0 spiro atoms. The molecule has 94 valence electrons. The fourth-order valence-corrected chi connectivity index (χ4v) is 1.85. The Labute approximate surface area is 107 Å². The molecular weight excluding hydrogens is 226 g/mol. The number of hydrogen-bond donors (Lipinski definition) is 1. The lowest BCUT2D eigenvalue weighted by atomic mass is 10.3. The second-order valence-electron chi connectivity index (χ2n) is 4.33. The zero-order chi connectivity index (χ0) is 13.0. The van der Waals surface area contributed by atoms with Crippen LogP contribution in [-0.4, -0.2) is 15.5 Å². The van der Waals surface area contributed by atoms with Gasteiger partial charge in [-0.15, -0.1) is 0 Å². The Balaban J connectivity index is 1.90. The maximum absolute atomic E-state index is 11.8. The molecule has 0 unspecified atom stereocenters. The Hall–Kier alpha value is -2.10. The van der Waals surface area contributed by atoms with Gasteiger partial charge in [0.15, 0.2) is 0 Å². The van der Waals surface area contributed by atoms with Crippen molar-refractivity contribution in [2.24, 2.45) is 0 Å². The number of carbonyl (C=O) groups is 1. The first-order valence-corrected chi connectivity index (χ1v) is 5.95. The van der Waals surface area contributed by atoms with E-state index < -0.39 is 0 Å². The van der Waals surface area contributed by atoms with Crippen molar-refractivity contribution >= 4 is 5.91 Å². The van der Waals surface area contributed by atoms with Crippen LogP contribution in [0.4, 0.5) is 0 Å². The highest BCUT2D eigenvalue weighted by molar-refractivity contribution is 5.75. The van der Waals surface area contributed by atoms with E-state index in [9.17, 15) is 4.79 Å². The summed E-state index contributed by atoms with van der Waals surface area (Å²) in [7, 11) is 0. The number of nitrogens with zero attached hydrogens (tertiary/aromatic N) is 2. The molecule has 0 fully saturated rings. The number of carbonyl (C=O) groups excluding carboxylic acids is 1. The lowest BCUT2D eigenvalue weighted by Crippen LogP contribution is -2.27. The summed E-state index contributed by atoms with van der Waals surface area (Å²) < 4.78 is 2.00. The molecule has 0 atom stereocenters. The van der Waals surface area contributed by atoms with Gasteiger partial charge < -0.3 is 9.88 Å². The Kier molecular flexibility index (Phi) is 3.77. The van der Waals surface area contributed by atoms with Crippen LogP contribution in [0.15, 0.2) is 36.7 Å². The highest BCUT2D eigenvalue weighted by Gasteiger charge is 2.06. The Bertz CT molecular complexity index is 512. The summed E-state index contributed by atoms with van der Waals surface area (Å²) in [6.45, 7) is 4.92. The average molecular weight is 243 g/mol. The molecule has 0 aliphatic rings. The molecule has 0 aliphatic heterocycles. The van der Waals surface area contributed by atoms with Gasteiger partial charge in [0.25, 0.3) is 0 Å². The minimum Gasteiger partial charge on any atom is -0.350 e. The van der Waals surface area contributed by atoms with E-state index in [1.807, 2.05) is 42.7 Å². The normalized spacial score (nSPS) is 10.3. The van der Waals surface area contributed by atoms with E-state index in [2.05, 4.69) is 10.3 Å². The van der Waals surface area contributed by atoms with E-state index in [4.69, 9.17) is 0 Å². The van der Waals surface area contributed by atoms with Crippen molar-refractivity contribution in [3.63, 3.8) is 0 Å². The van der Waals surface area contributed by atoms with Crippen molar-refractivity contribution < 1.29 is 4.79 Å². The summed E-state index contributed by atoms with van der Waals surface area (Å²) >= 11 is 0. The van der Waals surface area contributed by atoms with Crippen molar-refractivity contribution in [1.29, 1.82) is 0 Å². The molecule has 2 aromatic heterocycles. The van der Waals surface area contributed by atoms with Crippen LogP contribution in [0.25, 0.3) is 0 Å². The van der Waals surface area contributed by atoms with Crippen molar-refractivity contribution in [1.82, 2.24) is 14.9 Å². The fraction of sp³-hybridized carbons (Fsp3) is 0.286. The van der Waals surface area contributed by atoms with Gasteiger partial charge in [0.05, 0.1) is 0 Å². The molecule has 4 nitrogen and oxygen atoms in total. The number of aromatic nitrogens is 2. The molecule has 4 heteroatoms. The fourth-order valence-electron chi connectivity index (χ4n) is 1.85. The highest BCUT2D eigenvalue weighted by Crippen LogP contribution is 2.06. The van der Waals surface area contributed by atoms with Gasteiger partial charge in [0, 0.05) is 30.3 Å². The van der Waals surface area contributed by atoms with E-state index in [1.165, 1.54) is 0 Å². The number of hydrogen-bond acceptors (Lipinski definition) is 2. The zero-order valence-corrected chi connectivity index (χ0v) is 10.7. The molecule has 2 heterocycles. The number of aryl methyl sites for hydroxylation is 2.